The topological polar surface area (TPSA) is 88.2 Å². The zero-order valence-corrected chi connectivity index (χ0v) is 16.0. The van der Waals surface area contributed by atoms with E-state index in [4.69, 9.17) is 0 Å². The molecule has 0 aliphatic heterocycles. The number of rotatable bonds is 5. The molecule has 0 unspecified atom stereocenters. The van der Waals surface area contributed by atoms with Gasteiger partial charge in [0, 0.05) is 29.7 Å². The fourth-order valence-corrected chi connectivity index (χ4v) is 3.40. The molecule has 1 aliphatic rings. The van der Waals surface area contributed by atoms with Crippen molar-refractivity contribution in [3.8, 4) is 0 Å². The molecule has 0 spiro atoms. The quantitative estimate of drug-likeness (QED) is 0.607. The predicted molar refractivity (Wildman–Crippen MR) is 108 cm³/mol. The minimum Gasteiger partial charge on any atom is -0.349 e. The SMILES string of the molecule is CC(=O)c1cccc(NC(=O)c2cncc(C(=O)NC3CCCCCC3)c2)c1. The summed E-state index contributed by atoms with van der Waals surface area (Å²) in [5, 5.41) is 5.81. The van der Waals surface area contributed by atoms with E-state index in [2.05, 4.69) is 15.6 Å². The first-order valence-corrected chi connectivity index (χ1v) is 9.71. The van der Waals surface area contributed by atoms with Crippen molar-refractivity contribution in [3.63, 3.8) is 0 Å². The molecule has 0 atom stereocenters. The van der Waals surface area contributed by atoms with Crippen molar-refractivity contribution in [2.24, 2.45) is 0 Å². The van der Waals surface area contributed by atoms with Crippen LogP contribution in [0.25, 0.3) is 0 Å². The van der Waals surface area contributed by atoms with Crippen LogP contribution in [-0.2, 0) is 0 Å². The monoisotopic (exact) mass is 379 g/mol. The van der Waals surface area contributed by atoms with E-state index in [-0.39, 0.29) is 23.6 Å². The average Bonchev–Trinajstić information content (AvgIpc) is 2.97. The molecule has 0 bridgehead atoms. The van der Waals surface area contributed by atoms with E-state index >= 15 is 0 Å². The molecule has 6 nitrogen and oxygen atoms in total. The Morgan fingerprint density at radius 1 is 0.893 bits per heavy atom. The smallest absolute Gasteiger partial charge is 0.257 e. The van der Waals surface area contributed by atoms with Gasteiger partial charge in [-0.15, -0.1) is 0 Å². The Hall–Kier alpha value is -3.02. The van der Waals surface area contributed by atoms with Crippen LogP contribution < -0.4 is 10.6 Å². The van der Waals surface area contributed by atoms with Crippen LogP contribution in [0.3, 0.4) is 0 Å². The first-order chi connectivity index (χ1) is 13.5. The van der Waals surface area contributed by atoms with Crippen LogP contribution in [0.1, 0.15) is 76.5 Å². The number of carbonyl (C=O) groups excluding carboxylic acids is 3. The van der Waals surface area contributed by atoms with Gasteiger partial charge in [0.2, 0.25) is 0 Å². The molecule has 6 heteroatoms. The van der Waals surface area contributed by atoms with Crippen molar-refractivity contribution in [1.29, 1.82) is 0 Å². The summed E-state index contributed by atoms with van der Waals surface area (Å²) in [7, 11) is 0. The van der Waals surface area contributed by atoms with Gasteiger partial charge in [-0.25, -0.2) is 0 Å². The number of Topliss-reactive ketones (excluding diaryl/α,β-unsaturated/α-hetero) is 1. The summed E-state index contributed by atoms with van der Waals surface area (Å²) in [5.74, 6) is -0.653. The minimum absolute atomic E-state index is 0.0741. The first kappa shape index (κ1) is 19.7. The molecule has 2 N–H and O–H groups in total. The van der Waals surface area contributed by atoms with Gasteiger partial charge in [-0.1, -0.05) is 37.8 Å². The second-order valence-corrected chi connectivity index (χ2v) is 7.22. The van der Waals surface area contributed by atoms with Gasteiger partial charge in [0.05, 0.1) is 11.1 Å². The summed E-state index contributed by atoms with van der Waals surface area (Å²) < 4.78 is 0. The number of aromatic nitrogens is 1. The molecule has 2 aromatic rings. The Kier molecular flexibility index (Phi) is 6.53. The van der Waals surface area contributed by atoms with Gasteiger partial charge >= 0.3 is 0 Å². The molecule has 1 fully saturated rings. The van der Waals surface area contributed by atoms with Gasteiger partial charge in [0.15, 0.2) is 5.78 Å². The number of benzene rings is 1. The zero-order chi connectivity index (χ0) is 19.9. The number of hydrogen-bond acceptors (Lipinski definition) is 4. The number of ketones is 1. The normalized spacial score (nSPS) is 14.8. The van der Waals surface area contributed by atoms with E-state index in [0.29, 0.717) is 22.4 Å². The molecule has 146 valence electrons. The van der Waals surface area contributed by atoms with Crippen LogP contribution >= 0.6 is 0 Å². The molecular formula is C22H25N3O3. The molecule has 1 aromatic carbocycles. The standard InChI is InChI=1S/C22H25N3O3/c1-15(26)16-7-6-10-20(12-16)25-22(28)18-11-17(13-23-14-18)21(27)24-19-8-4-2-3-5-9-19/h6-7,10-14,19H,2-5,8-9H2,1H3,(H,24,27)(H,25,28). The molecule has 0 saturated heterocycles. The Morgan fingerprint density at radius 2 is 1.57 bits per heavy atom. The van der Waals surface area contributed by atoms with E-state index in [1.807, 2.05) is 0 Å². The summed E-state index contributed by atoms with van der Waals surface area (Å²) in [6.07, 6.45) is 9.57. The van der Waals surface area contributed by atoms with Crippen molar-refractivity contribution < 1.29 is 14.4 Å². The summed E-state index contributed by atoms with van der Waals surface area (Å²) in [6.45, 7) is 1.47. The Labute approximate surface area is 164 Å². The van der Waals surface area contributed by atoms with E-state index < -0.39 is 0 Å². The fraction of sp³-hybridized carbons (Fsp3) is 0.364. The highest BCUT2D eigenvalue weighted by atomic mass is 16.2. The highest BCUT2D eigenvalue weighted by Gasteiger charge is 2.17. The van der Waals surface area contributed by atoms with Crippen molar-refractivity contribution >= 4 is 23.3 Å². The van der Waals surface area contributed by atoms with Crippen LogP contribution in [0.15, 0.2) is 42.7 Å². The highest BCUT2D eigenvalue weighted by Crippen LogP contribution is 2.18. The number of amides is 2. The van der Waals surface area contributed by atoms with Crippen LogP contribution in [0.2, 0.25) is 0 Å². The maximum Gasteiger partial charge on any atom is 0.257 e. The summed E-state index contributed by atoms with van der Waals surface area (Å²) in [5.41, 5.74) is 1.70. The van der Waals surface area contributed by atoms with Crippen molar-refractivity contribution in [2.45, 2.75) is 51.5 Å². The van der Waals surface area contributed by atoms with Crippen LogP contribution in [0.5, 0.6) is 0 Å². The maximum atomic E-state index is 12.6. The number of nitrogens with one attached hydrogen (secondary N) is 2. The summed E-state index contributed by atoms with van der Waals surface area (Å²) >= 11 is 0. The molecule has 28 heavy (non-hydrogen) atoms. The molecular weight excluding hydrogens is 354 g/mol. The molecule has 0 radical (unpaired) electrons. The highest BCUT2D eigenvalue weighted by molar-refractivity contribution is 6.06. The molecule has 3 rings (SSSR count). The Morgan fingerprint density at radius 3 is 2.25 bits per heavy atom. The fourth-order valence-electron chi connectivity index (χ4n) is 3.40. The van der Waals surface area contributed by atoms with Gasteiger partial charge in [0.1, 0.15) is 0 Å². The number of anilines is 1. The minimum atomic E-state index is -0.377. The number of nitrogens with zero attached hydrogens (tertiary/aromatic N) is 1. The van der Waals surface area contributed by atoms with Gasteiger partial charge < -0.3 is 10.6 Å². The lowest BCUT2D eigenvalue weighted by Crippen LogP contribution is -2.34. The third kappa shape index (κ3) is 5.25. The lowest BCUT2D eigenvalue weighted by molar-refractivity contribution is 0.0932. The Bertz CT molecular complexity index is 871. The first-order valence-electron chi connectivity index (χ1n) is 9.71. The zero-order valence-electron chi connectivity index (χ0n) is 16.0. The van der Waals surface area contributed by atoms with Crippen molar-refractivity contribution in [2.75, 3.05) is 5.32 Å². The van der Waals surface area contributed by atoms with Crippen molar-refractivity contribution in [3.05, 3.63) is 59.4 Å². The van der Waals surface area contributed by atoms with Crippen molar-refractivity contribution in [1.82, 2.24) is 10.3 Å². The third-order valence-electron chi connectivity index (χ3n) is 4.98. The van der Waals surface area contributed by atoms with Gasteiger partial charge in [-0.2, -0.15) is 0 Å². The van der Waals surface area contributed by atoms with Gasteiger partial charge in [-0.05, 0) is 38.0 Å². The molecule has 2 amide bonds. The van der Waals surface area contributed by atoms with Crippen LogP contribution in [0, 0.1) is 0 Å². The second kappa shape index (κ2) is 9.26. The largest absolute Gasteiger partial charge is 0.349 e. The van der Waals surface area contributed by atoms with E-state index in [0.717, 1.165) is 25.7 Å². The number of carbonyl (C=O) groups is 3. The summed E-state index contributed by atoms with van der Waals surface area (Å²) in [4.78, 5) is 40.6. The maximum absolute atomic E-state index is 12.6. The predicted octanol–water partition coefficient (Wildman–Crippen LogP) is 3.99. The summed E-state index contributed by atoms with van der Waals surface area (Å²) in [6, 6.07) is 8.46. The van der Waals surface area contributed by atoms with E-state index in [9.17, 15) is 14.4 Å². The van der Waals surface area contributed by atoms with Crippen LogP contribution in [0.4, 0.5) is 5.69 Å². The van der Waals surface area contributed by atoms with Crippen LogP contribution in [-0.4, -0.2) is 28.6 Å². The van der Waals surface area contributed by atoms with E-state index in [1.165, 1.54) is 32.2 Å². The molecule has 1 aromatic heterocycles. The Balaban J connectivity index is 1.68. The van der Waals surface area contributed by atoms with Gasteiger partial charge in [-0.3, -0.25) is 19.4 Å². The lowest BCUT2D eigenvalue weighted by Gasteiger charge is -2.16. The van der Waals surface area contributed by atoms with Gasteiger partial charge in [0.25, 0.3) is 11.8 Å². The third-order valence-corrected chi connectivity index (χ3v) is 4.98. The molecule has 1 saturated carbocycles. The average molecular weight is 379 g/mol. The second-order valence-electron chi connectivity index (χ2n) is 7.22. The van der Waals surface area contributed by atoms with E-state index in [1.54, 1.807) is 30.3 Å². The molecule has 1 heterocycles. The molecule has 1 aliphatic carbocycles. The number of hydrogen-bond donors (Lipinski definition) is 2. The number of pyridine rings is 1. The lowest BCUT2D eigenvalue weighted by atomic mass is 10.1.